The third-order valence-electron chi connectivity index (χ3n) is 6.13. The van der Waals surface area contributed by atoms with Crippen molar-refractivity contribution >= 4 is 5.95 Å². The van der Waals surface area contributed by atoms with Gasteiger partial charge in [-0.2, -0.15) is 0 Å². The zero-order valence-corrected chi connectivity index (χ0v) is 17.2. The molecule has 2 saturated heterocycles. The minimum atomic E-state index is 0.601. The molecule has 2 bridgehead atoms. The van der Waals surface area contributed by atoms with E-state index < -0.39 is 0 Å². The fraction of sp³-hybridized carbons (Fsp3) is 0.818. The van der Waals surface area contributed by atoms with E-state index in [1.54, 1.807) is 0 Å². The molecule has 1 aromatic rings. The zero-order chi connectivity index (χ0) is 18.4. The highest BCUT2D eigenvalue weighted by molar-refractivity contribution is 5.37. The summed E-state index contributed by atoms with van der Waals surface area (Å²) in [6, 6.07) is 3.36. The average Bonchev–Trinajstić information content (AvgIpc) is 2.92. The molecule has 4 heteroatoms. The van der Waals surface area contributed by atoms with Gasteiger partial charge in [0.2, 0.25) is 5.95 Å². The Labute approximate surface area is 160 Å². The first-order valence-electron chi connectivity index (χ1n) is 10.9. The molecule has 0 saturated carbocycles. The van der Waals surface area contributed by atoms with Gasteiger partial charge in [-0.1, -0.05) is 46.0 Å². The summed E-state index contributed by atoms with van der Waals surface area (Å²) in [6.45, 7) is 7.00. The molecule has 3 heterocycles. The quantitative estimate of drug-likeness (QED) is 0.600. The molecule has 3 rings (SSSR count). The van der Waals surface area contributed by atoms with Gasteiger partial charge in [0.1, 0.15) is 0 Å². The first-order valence-corrected chi connectivity index (χ1v) is 10.9. The Morgan fingerprint density at radius 3 is 2.65 bits per heavy atom. The number of rotatable bonds is 9. The average molecular weight is 359 g/mol. The van der Waals surface area contributed by atoms with Crippen LogP contribution in [-0.4, -0.2) is 47.1 Å². The lowest BCUT2D eigenvalue weighted by Crippen LogP contribution is -2.39. The molecular formula is C22H38N4. The van der Waals surface area contributed by atoms with E-state index in [-0.39, 0.29) is 0 Å². The lowest BCUT2D eigenvalue weighted by atomic mass is 10.0. The highest BCUT2D eigenvalue weighted by Gasteiger charge is 2.37. The Kier molecular flexibility index (Phi) is 7.30. The minimum Gasteiger partial charge on any atom is -0.334 e. The van der Waals surface area contributed by atoms with Crippen molar-refractivity contribution in [2.45, 2.75) is 90.1 Å². The largest absolute Gasteiger partial charge is 0.334 e. The summed E-state index contributed by atoms with van der Waals surface area (Å²) in [5, 5.41) is 0. The fourth-order valence-electron chi connectivity index (χ4n) is 4.61. The van der Waals surface area contributed by atoms with Crippen LogP contribution in [0.5, 0.6) is 0 Å². The third-order valence-corrected chi connectivity index (χ3v) is 6.13. The standard InChI is InChI=1S/C22H38N4/c1-18(2)9-7-5-4-6-8-10-19-13-15-23-22(24-19)26-20-11-12-21(26)17-25(3)16-14-20/h13,15,18,20-21H,4-12,14,16-17H2,1-3H3. The van der Waals surface area contributed by atoms with Crippen LogP contribution in [0.2, 0.25) is 0 Å². The number of likely N-dealkylation sites (N-methyl/N-ethyl adjacent to an activating group) is 1. The predicted octanol–water partition coefficient (Wildman–Crippen LogP) is 4.69. The van der Waals surface area contributed by atoms with Gasteiger partial charge in [0.15, 0.2) is 0 Å². The summed E-state index contributed by atoms with van der Waals surface area (Å²) >= 11 is 0. The number of unbranched alkanes of at least 4 members (excludes halogenated alkanes) is 4. The van der Waals surface area contributed by atoms with Gasteiger partial charge in [0.05, 0.1) is 0 Å². The van der Waals surface area contributed by atoms with Gasteiger partial charge in [-0.25, -0.2) is 9.97 Å². The van der Waals surface area contributed by atoms with Crippen LogP contribution in [0.1, 0.15) is 77.3 Å². The topological polar surface area (TPSA) is 32.3 Å². The lowest BCUT2D eigenvalue weighted by Gasteiger charge is -2.28. The van der Waals surface area contributed by atoms with E-state index in [1.807, 2.05) is 6.20 Å². The molecule has 0 spiro atoms. The molecule has 0 N–H and O–H groups in total. The maximum absolute atomic E-state index is 4.96. The highest BCUT2D eigenvalue weighted by Crippen LogP contribution is 2.32. The van der Waals surface area contributed by atoms with Crippen molar-refractivity contribution in [1.82, 2.24) is 14.9 Å². The number of anilines is 1. The van der Waals surface area contributed by atoms with Crippen molar-refractivity contribution in [2.75, 3.05) is 25.0 Å². The van der Waals surface area contributed by atoms with Gasteiger partial charge < -0.3 is 9.80 Å². The van der Waals surface area contributed by atoms with Crippen molar-refractivity contribution < 1.29 is 0 Å². The lowest BCUT2D eigenvalue weighted by molar-refractivity contribution is 0.315. The molecule has 0 aliphatic carbocycles. The van der Waals surface area contributed by atoms with E-state index in [9.17, 15) is 0 Å². The molecule has 0 aromatic carbocycles. The Morgan fingerprint density at radius 2 is 1.81 bits per heavy atom. The van der Waals surface area contributed by atoms with Crippen LogP contribution in [0.3, 0.4) is 0 Å². The first kappa shape index (κ1) is 19.6. The van der Waals surface area contributed by atoms with Gasteiger partial charge in [0.25, 0.3) is 0 Å². The van der Waals surface area contributed by atoms with Crippen LogP contribution in [0, 0.1) is 5.92 Å². The molecule has 2 unspecified atom stereocenters. The van der Waals surface area contributed by atoms with Gasteiger partial charge in [0, 0.05) is 30.5 Å². The second-order valence-electron chi connectivity index (χ2n) is 8.89. The van der Waals surface area contributed by atoms with Crippen LogP contribution in [0.25, 0.3) is 0 Å². The van der Waals surface area contributed by atoms with E-state index in [0.29, 0.717) is 12.1 Å². The summed E-state index contributed by atoms with van der Waals surface area (Å²) in [6.07, 6.45) is 15.0. The van der Waals surface area contributed by atoms with E-state index in [1.165, 1.54) is 70.0 Å². The Balaban J connectivity index is 1.48. The smallest absolute Gasteiger partial charge is 0.226 e. The number of nitrogens with zero attached hydrogens (tertiary/aromatic N) is 4. The molecule has 146 valence electrons. The van der Waals surface area contributed by atoms with Crippen LogP contribution in [-0.2, 0) is 6.42 Å². The number of aryl methyl sites for hydroxylation is 1. The van der Waals surface area contributed by atoms with Gasteiger partial charge in [-0.05, 0) is 57.7 Å². The zero-order valence-electron chi connectivity index (χ0n) is 17.2. The number of fused-ring (bicyclic) bond motifs is 2. The summed E-state index contributed by atoms with van der Waals surface area (Å²) in [5.74, 6) is 1.84. The summed E-state index contributed by atoms with van der Waals surface area (Å²) in [5.41, 5.74) is 1.23. The normalized spacial score (nSPS) is 23.6. The molecule has 2 fully saturated rings. The van der Waals surface area contributed by atoms with E-state index >= 15 is 0 Å². The van der Waals surface area contributed by atoms with Crippen LogP contribution in [0.15, 0.2) is 12.3 Å². The summed E-state index contributed by atoms with van der Waals surface area (Å²) < 4.78 is 0. The van der Waals surface area contributed by atoms with E-state index in [0.717, 1.165) is 24.8 Å². The van der Waals surface area contributed by atoms with Crippen molar-refractivity contribution in [3.8, 4) is 0 Å². The van der Waals surface area contributed by atoms with Crippen molar-refractivity contribution in [3.63, 3.8) is 0 Å². The van der Waals surface area contributed by atoms with Crippen molar-refractivity contribution in [2.24, 2.45) is 5.92 Å². The summed E-state index contributed by atoms with van der Waals surface area (Å²) in [4.78, 5) is 14.6. The van der Waals surface area contributed by atoms with Crippen LogP contribution < -0.4 is 4.90 Å². The Hall–Kier alpha value is -1.16. The summed E-state index contributed by atoms with van der Waals surface area (Å²) in [7, 11) is 2.25. The Morgan fingerprint density at radius 1 is 1.04 bits per heavy atom. The monoisotopic (exact) mass is 358 g/mol. The fourth-order valence-corrected chi connectivity index (χ4v) is 4.61. The second-order valence-corrected chi connectivity index (χ2v) is 8.89. The number of hydrogen-bond acceptors (Lipinski definition) is 4. The predicted molar refractivity (Wildman–Crippen MR) is 110 cm³/mol. The maximum Gasteiger partial charge on any atom is 0.226 e. The highest BCUT2D eigenvalue weighted by atomic mass is 15.3. The molecule has 26 heavy (non-hydrogen) atoms. The molecular weight excluding hydrogens is 320 g/mol. The van der Waals surface area contributed by atoms with Crippen LogP contribution >= 0.6 is 0 Å². The van der Waals surface area contributed by atoms with Crippen molar-refractivity contribution in [3.05, 3.63) is 18.0 Å². The van der Waals surface area contributed by atoms with E-state index in [2.05, 4.69) is 41.7 Å². The number of aromatic nitrogens is 2. The first-order chi connectivity index (χ1) is 12.6. The van der Waals surface area contributed by atoms with Gasteiger partial charge >= 0.3 is 0 Å². The number of hydrogen-bond donors (Lipinski definition) is 0. The van der Waals surface area contributed by atoms with Gasteiger partial charge in [-0.3, -0.25) is 0 Å². The van der Waals surface area contributed by atoms with Crippen molar-refractivity contribution in [1.29, 1.82) is 0 Å². The molecule has 0 amide bonds. The van der Waals surface area contributed by atoms with E-state index in [4.69, 9.17) is 4.98 Å². The molecule has 4 nitrogen and oxygen atoms in total. The third kappa shape index (κ3) is 5.42. The minimum absolute atomic E-state index is 0.601. The second kappa shape index (κ2) is 9.68. The molecule has 1 aromatic heterocycles. The molecule has 2 aliphatic heterocycles. The Bertz CT molecular complexity index is 545. The number of likely N-dealkylation sites (tertiary alicyclic amines) is 1. The SMILES string of the molecule is CC(C)CCCCCCCc1ccnc(N2C3CCC2CN(C)CC3)n1. The maximum atomic E-state index is 4.96. The molecule has 2 aliphatic rings. The molecule has 2 atom stereocenters. The van der Waals surface area contributed by atoms with Gasteiger partial charge in [-0.15, -0.1) is 0 Å². The van der Waals surface area contributed by atoms with Crippen LogP contribution in [0.4, 0.5) is 5.95 Å². The molecule has 0 radical (unpaired) electrons.